The average molecular weight is 357 g/mol. The summed E-state index contributed by atoms with van der Waals surface area (Å²) < 4.78 is 1.20. The van der Waals surface area contributed by atoms with Gasteiger partial charge >= 0.3 is 0 Å². The van der Waals surface area contributed by atoms with Gasteiger partial charge in [0.2, 0.25) is 0 Å². The molecule has 0 aliphatic heterocycles. The molecule has 1 aliphatic carbocycles. The Morgan fingerprint density at radius 2 is 1.95 bits per heavy atom. The zero-order chi connectivity index (χ0) is 13.4. The maximum Gasteiger partial charge on any atom is 0.0612 e. The van der Waals surface area contributed by atoms with E-state index in [1.165, 1.54) is 15.6 Å². The fourth-order valence-corrected chi connectivity index (χ4v) is 3.42. The van der Waals surface area contributed by atoms with Gasteiger partial charge < -0.3 is 5.32 Å². The van der Waals surface area contributed by atoms with Crippen LogP contribution in [-0.2, 0) is 6.42 Å². The summed E-state index contributed by atoms with van der Waals surface area (Å²) in [6, 6.07) is 12.4. The average Bonchev–Trinajstić information content (AvgIpc) is 2.79. The molecule has 0 spiro atoms. The minimum atomic E-state index is 0.338. The Bertz CT molecular complexity index is 628. The molecule has 1 nitrogen and oxygen atoms in total. The van der Waals surface area contributed by atoms with Crippen LogP contribution in [0.4, 0.5) is 5.69 Å². The quantitative estimate of drug-likeness (QED) is 0.711. The highest BCUT2D eigenvalue weighted by atomic mass is 79.9. The number of rotatable bonds is 2. The summed E-state index contributed by atoms with van der Waals surface area (Å²) in [5.41, 5.74) is 3.77. The van der Waals surface area contributed by atoms with Crippen LogP contribution < -0.4 is 5.32 Å². The van der Waals surface area contributed by atoms with E-state index in [1.807, 2.05) is 18.2 Å². The smallest absolute Gasteiger partial charge is 0.0612 e. The van der Waals surface area contributed by atoms with Crippen LogP contribution in [0.2, 0.25) is 10.0 Å². The number of benzene rings is 2. The van der Waals surface area contributed by atoms with Crippen LogP contribution in [0.25, 0.3) is 0 Å². The maximum atomic E-state index is 6.05. The first-order valence-electron chi connectivity index (χ1n) is 6.14. The molecule has 0 saturated heterocycles. The number of anilines is 1. The fourth-order valence-electron chi connectivity index (χ4n) is 2.55. The SMILES string of the molecule is Clc1ccc(NC2CCc3c(Br)cccc32)cc1Cl. The van der Waals surface area contributed by atoms with E-state index in [9.17, 15) is 0 Å². The molecule has 0 aromatic heterocycles. The summed E-state index contributed by atoms with van der Waals surface area (Å²) in [5.74, 6) is 0. The minimum absolute atomic E-state index is 0.338. The molecule has 3 rings (SSSR count). The zero-order valence-electron chi connectivity index (χ0n) is 10.1. The van der Waals surface area contributed by atoms with Gasteiger partial charge in [0.1, 0.15) is 0 Å². The largest absolute Gasteiger partial charge is 0.378 e. The summed E-state index contributed by atoms with van der Waals surface area (Å²) in [5, 5.41) is 4.70. The molecule has 4 heteroatoms. The van der Waals surface area contributed by atoms with Crippen molar-refractivity contribution in [1.82, 2.24) is 0 Å². The number of halogens is 3. The Hall–Kier alpha value is -0.700. The molecule has 0 fully saturated rings. The highest BCUT2D eigenvalue weighted by Gasteiger charge is 2.23. The molecule has 1 N–H and O–H groups in total. The number of hydrogen-bond donors (Lipinski definition) is 1. The molecule has 1 atom stereocenters. The van der Waals surface area contributed by atoms with Crippen LogP contribution >= 0.6 is 39.1 Å². The van der Waals surface area contributed by atoms with Crippen LogP contribution in [-0.4, -0.2) is 0 Å². The molecule has 2 aromatic carbocycles. The molecular formula is C15H12BrCl2N. The Morgan fingerprint density at radius 3 is 2.74 bits per heavy atom. The molecule has 1 aliphatic rings. The summed E-state index contributed by atoms with van der Waals surface area (Å²) in [6.45, 7) is 0. The van der Waals surface area contributed by atoms with Crippen molar-refractivity contribution in [2.24, 2.45) is 0 Å². The van der Waals surface area contributed by atoms with Gasteiger partial charge in [-0.3, -0.25) is 0 Å². The Labute approximate surface area is 131 Å². The van der Waals surface area contributed by atoms with Crippen LogP contribution in [0.1, 0.15) is 23.6 Å². The van der Waals surface area contributed by atoms with Crippen LogP contribution in [0.5, 0.6) is 0 Å². The van der Waals surface area contributed by atoms with Gasteiger partial charge in [0.05, 0.1) is 16.1 Å². The number of fused-ring (bicyclic) bond motifs is 1. The Kier molecular flexibility index (Phi) is 3.75. The zero-order valence-corrected chi connectivity index (χ0v) is 13.2. The predicted octanol–water partition coefficient (Wildman–Crippen LogP) is 5.86. The van der Waals surface area contributed by atoms with Gasteiger partial charge in [-0.05, 0) is 48.2 Å². The topological polar surface area (TPSA) is 12.0 Å². The van der Waals surface area contributed by atoms with Crippen molar-refractivity contribution in [1.29, 1.82) is 0 Å². The van der Waals surface area contributed by atoms with Crippen LogP contribution in [0.15, 0.2) is 40.9 Å². The summed E-state index contributed by atoms with van der Waals surface area (Å²) in [6.07, 6.45) is 2.19. The van der Waals surface area contributed by atoms with Crippen molar-refractivity contribution >= 4 is 44.8 Å². The maximum absolute atomic E-state index is 6.05. The van der Waals surface area contributed by atoms with E-state index < -0.39 is 0 Å². The molecule has 19 heavy (non-hydrogen) atoms. The first kappa shape index (κ1) is 13.3. The van der Waals surface area contributed by atoms with E-state index in [2.05, 4.69) is 39.4 Å². The third kappa shape index (κ3) is 2.62. The second-order valence-electron chi connectivity index (χ2n) is 4.67. The van der Waals surface area contributed by atoms with Crippen LogP contribution in [0.3, 0.4) is 0 Å². The lowest BCUT2D eigenvalue weighted by Gasteiger charge is -2.16. The lowest BCUT2D eigenvalue weighted by atomic mass is 10.1. The predicted molar refractivity (Wildman–Crippen MR) is 85.3 cm³/mol. The van der Waals surface area contributed by atoms with Gasteiger partial charge in [-0.15, -0.1) is 0 Å². The van der Waals surface area contributed by atoms with Crippen molar-refractivity contribution in [3.8, 4) is 0 Å². The van der Waals surface area contributed by atoms with E-state index in [0.29, 0.717) is 16.1 Å². The van der Waals surface area contributed by atoms with Gasteiger partial charge in [0.25, 0.3) is 0 Å². The molecule has 0 saturated carbocycles. The van der Waals surface area contributed by atoms with E-state index >= 15 is 0 Å². The summed E-state index contributed by atoms with van der Waals surface area (Å²) >= 11 is 15.6. The lowest BCUT2D eigenvalue weighted by Crippen LogP contribution is -2.06. The molecule has 2 aromatic rings. The van der Waals surface area contributed by atoms with Crippen molar-refractivity contribution in [2.45, 2.75) is 18.9 Å². The standard InChI is InChI=1S/C15H12BrCl2N/c16-12-3-1-2-11-10(12)5-7-15(11)19-9-4-6-13(17)14(18)8-9/h1-4,6,8,15,19H,5,7H2. The summed E-state index contributed by atoms with van der Waals surface area (Å²) in [7, 11) is 0. The summed E-state index contributed by atoms with van der Waals surface area (Å²) in [4.78, 5) is 0. The number of nitrogens with one attached hydrogen (secondary N) is 1. The van der Waals surface area contributed by atoms with Crippen LogP contribution in [0, 0.1) is 0 Å². The van der Waals surface area contributed by atoms with Crippen molar-refractivity contribution in [2.75, 3.05) is 5.32 Å². The third-order valence-corrected chi connectivity index (χ3v) is 4.96. The van der Waals surface area contributed by atoms with E-state index in [1.54, 1.807) is 0 Å². The molecule has 0 radical (unpaired) electrons. The molecule has 0 heterocycles. The van der Waals surface area contributed by atoms with Gasteiger partial charge in [-0.2, -0.15) is 0 Å². The normalized spacial score (nSPS) is 17.3. The minimum Gasteiger partial charge on any atom is -0.378 e. The lowest BCUT2D eigenvalue weighted by molar-refractivity contribution is 0.762. The molecular weight excluding hydrogens is 345 g/mol. The highest BCUT2D eigenvalue weighted by Crippen LogP contribution is 2.38. The van der Waals surface area contributed by atoms with Crippen molar-refractivity contribution in [3.05, 3.63) is 62.0 Å². The Balaban J connectivity index is 1.86. The van der Waals surface area contributed by atoms with Gasteiger partial charge in [-0.25, -0.2) is 0 Å². The van der Waals surface area contributed by atoms with Gasteiger partial charge in [0.15, 0.2) is 0 Å². The van der Waals surface area contributed by atoms with Crippen molar-refractivity contribution < 1.29 is 0 Å². The van der Waals surface area contributed by atoms with E-state index in [4.69, 9.17) is 23.2 Å². The molecule has 1 unspecified atom stereocenters. The molecule has 0 bridgehead atoms. The molecule has 98 valence electrons. The monoisotopic (exact) mass is 355 g/mol. The van der Waals surface area contributed by atoms with Gasteiger partial charge in [-0.1, -0.05) is 51.3 Å². The van der Waals surface area contributed by atoms with Gasteiger partial charge in [0, 0.05) is 10.2 Å². The number of hydrogen-bond acceptors (Lipinski definition) is 1. The third-order valence-electron chi connectivity index (χ3n) is 3.47. The van der Waals surface area contributed by atoms with Crippen molar-refractivity contribution in [3.63, 3.8) is 0 Å². The Morgan fingerprint density at radius 1 is 1.11 bits per heavy atom. The highest BCUT2D eigenvalue weighted by molar-refractivity contribution is 9.10. The first-order chi connectivity index (χ1) is 9.15. The first-order valence-corrected chi connectivity index (χ1v) is 7.69. The fraction of sp³-hybridized carbons (Fsp3) is 0.200. The second-order valence-corrected chi connectivity index (χ2v) is 6.34. The second kappa shape index (κ2) is 5.35. The molecule has 0 amide bonds. The van der Waals surface area contributed by atoms with E-state index in [-0.39, 0.29) is 0 Å². The van der Waals surface area contributed by atoms with E-state index in [0.717, 1.165) is 18.5 Å².